The predicted octanol–water partition coefficient (Wildman–Crippen LogP) is 5.14. The maximum absolute atomic E-state index is 11.1. The third-order valence-electron chi connectivity index (χ3n) is 6.30. The van der Waals surface area contributed by atoms with Crippen molar-refractivity contribution in [2.24, 2.45) is 5.73 Å². The van der Waals surface area contributed by atoms with Crippen molar-refractivity contribution in [2.75, 3.05) is 12.4 Å². The van der Waals surface area contributed by atoms with Gasteiger partial charge in [0.1, 0.15) is 0 Å². The van der Waals surface area contributed by atoms with E-state index in [1.807, 2.05) is 38.1 Å². The average Bonchev–Trinajstić information content (AvgIpc) is 3.43. The molecule has 252 valence electrons. The van der Waals surface area contributed by atoms with Crippen LogP contribution in [0.2, 0.25) is 0 Å². The second kappa shape index (κ2) is 23.6. The predicted molar refractivity (Wildman–Crippen MR) is 186 cm³/mol. The number of hydrogen-bond donors (Lipinski definition) is 2. The Labute approximate surface area is 291 Å². The second-order valence-corrected chi connectivity index (χ2v) is 14.5. The van der Waals surface area contributed by atoms with Crippen molar-refractivity contribution in [1.29, 1.82) is 0 Å². The molecule has 0 amide bonds. The molecule has 0 unspecified atom stereocenters. The van der Waals surface area contributed by atoms with Crippen molar-refractivity contribution in [2.45, 2.75) is 92.4 Å². The Kier molecular flexibility index (Phi) is 21.3. The smallest absolute Gasteiger partial charge is 0.304 e. The van der Waals surface area contributed by atoms with Crippen molar-refractivity contribution >= 4 is 64.0 Å². The Morgan fingerprint density at radius 2 is 1.35 bits per heavy atom. The molecule has 0 aliphatic rings. The molecule has 0 saturated carbocycles. The molecule has 0 fully saturated rings. The molecule has 0 spiro atoms. The first kappa shape index (κ1) is 41.4. The fraction of sp³-hybridized carbons (Fsp3) is 0.471. The zero-order chi connectivity index (χ0) is 34.5. The number of benzene rings is 2. The van der Waals surface area contributed by atoms with E-state index in [0.29, 0.717) is 32.5 Å². The van der Waals surface area contributed by atoms with Gasteiger partial charge in [-0.2, -0.15) is 0 Å². The van der Waals surface area contributed by atoms with E-state index in [0.717, 1.165) is 62.5 Å². The first-order valence-electron chi connectivity index (χ1n) is 15.2. The first-order chi connectivity index (χ1) is 21.9. The summed E-state index contributed by atoms with van der Waals surface area (Å²) in [4.78, 5) is 31.6. The molecule has 1 heterocycles. The van der Waals surface area contributed by atoms with Crippen LogP contribution in [0.1, 0.15) is 84.3 Å². The number of hydrogen-bond acceptors (Lipinski definition) is 8. The third kappa shape index (κ3) is 18.5. The number of aliphatic carboxylic acids is 1. The van der Waals surface area contributed by atoms with Gasteiger partial charge in [0.2, 0.25) is 0 Å². The van der Waals surface area contributed by atoms with E-state index in [9.17, 15) is 14.4 Å². The van der Waals surface area contributed by atoms with Gasteiger partial charge in [-0.15, -0.1) is 11.6 Å². The monoisotopic (exact) mass is 787 g/mol. The zero-order valence-corrected chi connectivity index (χ0v) is 31.6. The minimum absolute atomic E-state index is 0.0571. The van der Waals surface area contributed by atoms with Crippen LogP contribution >= 0.6 is 11.6 Å². The number of alkyl halides is 1. The van der Waals surface area contributed by atoms with Gasteiger partial charge in [-0.05, 0) is 0 Å². The average molecular weight is 786 g/mol. The molecule has 0 radical (unpaired) electrons. The van der Waals surface area contributed by atoms with Gasteiger partial charge in [-0.1, -0.05) is 0 Å². The summed E-state index contributed by atoms with van der Waals surface area (Å²) in [6, 6.07) is 12.1. The van der Waals surface area contributed by atoms with Crippen molar-refractivity contribution in [3.05, 3.63) is 67.8 Å². The van der Waals surface area contributed by atoms with Crippen LogP contribution < -0.4 is 15.2 Å². The summed E-state index contributed by atoms with van der Waals surface area (Å²) in [5.41, 5.74) is 9.87. The molecule has 3 aromatic rings. The summed E-state index contributed by atoms with van der Waals surface area (Å²) in [6.07, 6.45) is 8.30. The summed E-state index contributed by atoms with van der Waals surface area (Å²) in [5.74, 6) is 0.133. The summed E-state index contributed by atoms with van der Waals surface area (Å²) >= 11 is 8.36. The van der Waals surface area contributed by atoms with Crippen LogP contribution in [0.3, 0.4) is 0 Å². The number of halogens is 1. The topological polar surface area (TPSA) is 142 Å². The molecule has 2 aromatic carbocycles. The van der Waals surface area contributed by atoms with Gasteiger partial charge in [-0.3, -0.25) is 4.79 Å². The van der Waals surface area contributed by atoms with Crippen molar-refractivity contribution < 1.29 is 29.0 Å². The quantitative estimate of drug-likeness (QED) is 0.0928. The summed E-state index contributed by atoms with van der Waals surface area (Å²) in [6.45, 7) is 9.51. The minimum atomic E-state index is -0.843. The fourth-order valence-corrected chi connectivity index (χ4v) is 6.49. The maximum Gasteiger partial charge on any atom is 0.304 e. The Bertz CT molecular complexity index is 1410. The Hall–Kier alpha value is -2.65. The van der Waals surface area contributed by atoms with E-state index in [1.54, 1.807) is 0 Å². The number of carboxylic acid groups (broad SMARTS) is 1. The molecule has 9 nitrogen and oxygen atoms in total. The summed E-state index contributed by atoms with van der Waals surface area (Å²) < 4.78 is 14.1. The van der Waals surface area contributed by atoms with Gasteiger partial charge in [0.25, 0.3) is 0 Å². The van der Waals surface area contributed by atoms with Crippen LogP contribution in [-0.2, 0) is 40.1 Å². The number of aromatic nitrogens is 2. The zero-order valence-electron chi connectivity index (χ0n) is 27.4. The molecule has 0 bridgehead atoms. The van der Waals surface area contributed by atoms with Crippen LogP contribution in [-0.4, -0.2) is 80.1 Å². The van der Waals surface area contributed by atoms with Crippen molar-refractivity contribution in [1.82, 2.24) is 10.2 Å². The van der Waals surface area contributed by atoms with Crippen LogP contribution in [0.25, 0.3) is 0 Å². The van der Waals surface area contributed by atoms with Crippen LogP contribution in [0.15, 0.2) is 36.4 Å². The molecule has 12 heteroatoms. The van der Waals surface area contributed by atoms with Gasteiger partial charge in [0.05, 0.1) is 6.42 Å². The Morgan fingerprint density at radius 3 is 1.76 bits per heavy atom. The molecule has 0 aliphatic carbocycles. The number of esters is 2. The van der Waals surface area contributed by atoms with Gasteiger partial charge >= 0.3 is 259 Å². The number of nitrogens with two attached hydrogens (primary N) is 1. The van der Waals surface area contributed by atoms with Crippen LogP contribution in [0.5, 0.6) is 11.5 Å². The van der Waals surface area contributed by atoms with Crippen molar-refractivity contribution in [3.8, 4) is 11.5 Å². The molecule has 3 N–H and O–H groups in total. The number of carboxylic acids is 1. The van der Waals surface area contributed by atoms with Gasteiger partial charge in [0, 0.05) is 5.88 Å². The normalized spacial score (nSPS) is 10.2. The standard InChI is InChI=1S/C17H22N2O2Se.C14H19NO2Se.C3H5ClO2/c1-4-6-16-18-19-17(22-16)8-5-7-14-10-9-12(2)15(11-14)21-13(3)20;1-10-6-7-12(4-3-5-13(18)9-15)8-14(10)17-11(2)16;4-2-1-3(5)6/h9-11H,4-8H2,1-3H3;6-8H,3-5,9,15H2,1-2H3;1-2H2,(H,5,6). The summed E-state index contributed by atoms with van der Waals surface area (Å²) in [7, 11) is 0. The van der Waals surface area contributed by atoms with Gasteiger partial charge in [0.15, 0.2) is 0 Å². The number of rotatable bonds is 15. The second-order valence-electron chi connectivity index (χ2n) is 10.5. The van der Waals surface area contributed by atoms with E-state index >= 15 is 0 Å². The van der Waals surface area contributed by atoms with Crippen LogP contribution in [0.4, 0.5) is 0 Å². The number of nitrogens with zero attached hydrogens (tertiary/aromatic N) is 2. The molecule has 46 heavy (non-hydrogen) atoms. The summed E-state index contributed by atoms with van der Waals surface area (Å²) in [5, 5.41) is 16.4. The van der Waals surface area contributed by atoms with E-state index in [-0.39, 0.29) is 24.2 Å². The van der Waals surface area contributed by atoms with E-state index in [2.05, 4.69) is 44.8 Å². The number of carbonyl (C=O) groups is 3. The molecule has 0 aliphatic heterocycles. The minimum Gasteiger partial charge on any atom is -0.481 e. The SMILES string of the molecule is CC(=O)Oc1cc(CCCC(=[Se])CN)ccc1C.CCCc1nnc(CCCc2ccc(C)c(OC(C)=O)c2)[se]1.O=C(O)CCCl. The number of ether oxygens (including phenoxy) is 2. The first-order valence-corrected chi connectivity index (χ1v) is 18.3. The molecular weight excluding hydrogens is 740 g/mol. The van der Waals surface area contributed by atoms with Crippen LogP contribution in [0, 0.1) is 13.8 Å². The molecular formula is C34H46ClN3O6Se2. The Morgan fingerprint density at radius 1 is 0.848 bits per heavy atom. The van der Waals surface area contributed by atoms with Crippen molar-refractivity contribution in [3.63, 3.8) is 0 Å². The fourth-order valence-electron chi connectivity index (χ4n) is 3.95. The largest absolute Gasteiger partial charge is 0.481 e. The number of aryl methyl sites for hydroxylation is 6. The Balaban J connectivity index is 0.000000397. The maximum atomic E-state index is 11.1. The van der Waals surface area contributed by atoms with E-state index in [1.165, 1.54) is 38.5 Å². The van der Waals surface area contributed by atoms with E-state index < -0.39 is 5.97 Å². The molecule has 0 saturated heterocycles. The number of carbonyl (C=O) groups excluding carboxylic acids is 2. The van der Waals surface area contributed by atoms with E-state index in [4.69, 9.17) is 31.9 Å². The third-order valence-corrected chi connectivity index (χ3v) is 9.45. The van der Waals surface area contributed by atoms with Gasteiger partial charge in [-0.25, -0.2) is 0 Å². The molecule has 0 atom stereocenters. The van der Waals surface area contributed by atoms with Gasteiger partial charge < -0.3 is 5.11 Å². The molecule has 3 rings (SSSR count). The molecule has 1 aromatic heterocycles.